The lowest BCUT2D eigenvalue weighted by Crippen LogP contribution is -2.44. The Hall–Kier alpha value is -1.47. The van der Waals surface area contributed by atoms with E-state index >= 15 is 0 Å². The van der Waals surface area contributed by atoms with Gasteiger partial charge in [0.25, 0.3) is 0 Å². The molecule has 1 aromatic rings. The number of amides is 1. The number of hydrogen-bond acceptors (Lipinski definition) is 5. The Morgan fingerprint density at radius 3 is 2.65 bits per heavy atom. The molecule has 146 valence electrons. The Labute approximate surface area is 157 Å². The predicted octanol–water partition coefficient (Wildman–Crippen LogP) is 1.46. The van der Waals surface area contributed by atoms with Gasteiger partial charge in [0.1, 0.15) is 11.6 Å². The Kier molecular flexibility index (Phi) is 6.64. The fourth-order valence-corrected chi connectivity index (χ4v) is 4.04. The average Bonchev–Trinajstić information content (AvgIpc) is 3.03. The molecule has 26 heavy (non-hydrogen) atoms. The standard InChI is InChI=1S/C19H34N6O/c1-4-22(2)15-18(26)25-12-8-9-16(13-25)19-21-20-17(23(19)3)14-24-10-6-5-7-11-24/h16H,4-15H2,1-3H3/t16-/m1/s1. The van der Waals surface area contributed by atoms with Crippen molar-refractivity contribution in [1.29, 1.82) is 0 Å². The Morgan fingerprint density at radius 1 is 1.15 bits per heavy atom. The van der Waals surface area contributed by atoms with Gasteiger partial charge >= 0.3 is 0 Å². The number of carbonyl (C=O) groups excluding carboxylic acids is 1. The summed E-state index contributed by atoms with van der Waals surface area (Å²) in [6, 6.07) is 0. The smallest absolute Gasteiger partial charge is 0.236 e. The third-order valence-corrected chi connectivity index (χ3v) is 5.90. The molecule has 1 atom stereocenters. The lowest BCUT2D eigenvalue weighted by Gasteiger charge is -2.33. The van der Waals surface area contributed by atoms with Crippen LogP contribution < -0.4 is 0 Å². The van der Waals surface area contributed by atoms with Crippen molar-refractivity contribution in [2.24, 2.45) is 7.05 Å². The number of rotatable bonds is 6. The van der Waals surface area contributed by atoms with Gasteiger partial charge in [0.2, 0.25) is 5.91 Å². The summed E-state index contributed by atoms with van der Waals surface area (Å²) in [4.78, 5) is 19.1. The van der Waals surface area contributed by atoms with Crippen molar-refractivity contribution in [2.75, 3.05) is 46.3 Å². The van der Waals surface area contributed by atoms with Crippen LogP contribution in [0.2, 0.25) is 0 Å². The van der Waals surface area contributed by atoms with Crippen LogP contribution in [0.25, 0.3) is 0 Å². The van der Waals surface area contributed by atoms with Crippen LogP contribution in [0, 0.1) is 0 Å². The van der Waals surface area contributed by atoms with Crippen LogP contribution in [0.4, 0.5) is 0 Å². The Balaban J connectivity index is 1.62. The zero-order valence-corrected chi connectivity index (χ0v) is 16.7. The van der Waals surface area contributed by atoms with E-state index in [0.717, 1.165) is 50.7 Å². The summed E-state index contributed by atoms with van der Waals surface area (Å²) < 4.78 is 2.17. The van der Waals surface area contributed by atoms with Gasteiger partial charge in [-0.3, -0.25) is 14.6 Å². The monoisotopic (exact) mass is 362 g/mol. The van der Waals surface area contributed by atoms with Gasteiger partial charge in [-0.15, -0.1) is 10.2 Å². The zero-order chi connectivity index (χ0) is 18.5. The van der Waals surface area contributed by atoms with Crippen molar-refractivity contribution in [3.05, 3.63) is 11.6 Å². The van der Waals surface area contributed by atoms with Crippen LogP contribution in [0.15, 0.2) is 0 Å². The van der Waals surface area contributed by atoms with Gasteiger partial charge in [0, 0.05) is 26.1 Å². The third-order valence-electron chi connectivity index (χ3n) is 5.90. The highest BCUT2D eigenvalue weighted by molar-refractivity contribution is 5.78. The Morgan fingerprint density at radius 2 is 1.92 bits per heavy atom. The minimum atomic E-state index is 0.231. The van der Waals surface area contributed by atoms with Crippen LogP contribution in [-0.4, -0.2) is 81.7 Å². The van der Waals surface area contributed by atoms with E-state index in [4.69, 9.17) is 0 Å². The first-order chi connectivity index (χ1) is 12.6. The molecule has 0 spiro atoms. The minimum absolute atomic E-state index is 0.231. The molecule has 0 aromatic carbocycles. The molecule has 0 bridgehead atoms. The van der Waals surface area contributed by atoms with E-state index in [-0.39, 0.29) is 5.91 Å². The molecule has 0 radical (unpaired) electrons. The van der Waals surface area contributed by atoms with E-state index in [9.17, 15) is 4.79 Å². The average molecular weight is 363 g/mol. The lowest BCUT2D eigenvalue weighted by molar-refractivity contribution is -0.133. The maximum atomic E-state index is 12.5. The largest absolute Gasteiger partial charge is 0.341 e. The summed E-state index contributed by atoms with van der Waals surface area (Å²) in [5, 5.41) is 8.99. The van der Waals surface area contributed by atoms with E-state index < -0.39 is 0 Å². The molecule has 1 aromatic heterocycles. The molecular weight excluding hydrogens is 328 g/mol. The molecule has 3 rings (SSSR count). The van der Waals surface area contributed by atoms with Crippen molar-refractivity contribution in [3.63, 3.8) is 0 Å². The van der Waals surface area contributed by atoms with Gasteiger partial charge in [-0.2, -0.15) is 0 Å². The van der Waals surface area contributed by atoms with Gasteiger partial charge < -0.3 is 9.47 Å². The molecule has 0 unspecified atom stereocenters. The number of nitrogens with zero attached hydrogens (tertiary/aromatic N) is 6. The summed E-state index contributed by atoms with van der Waals surface area (Å²) in [6.07, 6.45) is 6.05. The van der Waals surface area contributed by atoms with Crippen molar-refractivity contribution in [1.82, 2.24) is 29.5 Å². The first-order valence-corrected chi connectivity index (χ1v) is 10.1. The molecule has 0 N–H and O–H groups in total. The molecular formula is C19H34N6O. The van der Waals surface area contributed by atoms with Crippen LogP contribution in [0.3, 0.4) is 0 Å². The number of likely N-dealkylation sites (N-methyl/N-ethyl adjacent to an activating group) is 1. The molecule has 2 aliphatic heterocycles. The second-order valence-electron chi connectivity index (χ2n) is 7.88. The number of carbonyl (C=O) groups is 1. The fraction of sp³-hybridized carbons (Fsp3) is 0.842. The highest BCUT2D eigenvalue weighted by atomic mass is 16.2. The van der Waals surface area contributed by atoms with E-state index in [1.54, 1.807) is 0 Å². The first kappa shape index (κ1) is 19.3. The third kappa shape index (κ3) is 4.62. The summed E-state index contributed by atoms with van der Waals surface area (Å²) >= 11 is 0. The minimum Gasteiger partial charge on any atom is -0.341 e. The predicted molar refractivity (Wildman–Crippen MR) is 102 cm³/mol. The van der Waals surface area contributed by atoms with Crippen LogP contribution in [-0.2, 0) is 18.4 Å². The quantitative estimate of drug-likeness (QED) is 0.767. The molecule has 2 fully saturated rings. The molecule has 7 nitrogen and oxygen atoms in total. The second kappa shape index (κ2) is 8.95. The SMILES string of the molecule is CCN(C)CC(=O)N1CCC[C@@H](c2nnc(CN3CCCCC3)n2C)C1. The molecule has 2 aliphatic rings. The highest BCUT2D eigenvalue weighted by Crippen LogP contribution is 2.26. The topological polar surface area (TPSA) is 57.5 Å². The normalized spacial score (nSPS) is 22.2. The van der Waals surface area contributed by atoms with Crippen molar-refractivity contribution >= 4 is 5.91 Å². The molecule has 0 saturated carbocycles. The molecule has 1 amide bonds. The maximum absolute atomic E-state index is 12.5. The number of piperidine rings is 2. The van der Waals surface area contributed by atoms with Gasteiger partial charge in [-0.05, 0) is 52.4 Å². The number of aromatic nitrogens is 3. The highest BCUT2D eigenvalue weighted by Gasteiger charge is 2.29. The molecule has 7 heteroatoms. The van der Waals surface area contributed by atoms with Crippen molar-refractivity contribution in [3.8, 4) is 0 Å². The van der Waals surface area contributed by atoms with E-state index in [2.05, 4.69) is 38.5 Å². The lowest BCUT2D eigenvalue weighted by atomic mass is 9.97. The number of likely N-dealkylation sites (tertiary alicyclic amines) is 2. The van der Waals surface area contributed by atoms with Crippen LogP contribution in [0.5, 0.6) is 0 Å². The van der Waals surface area contributed by atoms with E-state index in [1.807, 2.05) is 11.9 Å². The summed E-state index contributed by atoms with van der Waals surface area (Å²) in [6.45, 7) is 8.33. The second-order valence-corrected chi connectivity index (χ2v) is 7.88. The van der Waals surface area contributed by atoms with Gasteiger partial charge in [-0.25, -0.2) is 0 Å². The van der Waals surface area contributed by atoms with Crippen LogP contribution >= 0.6 is 0 Å². The molecule has 2 saturated heterocycles. The van der Waals surface area contributed by atoms with Gasteiger partial charge in [-0.1, -0.05) is 13.3 Å². The van der Waals surface area contributed by atoms with E-state index in [0.29, 0.717) is 12.5 Å². The van der Waals surface area contributed by atoms with E-state index in [1.165, 1.54) is 32.4 Å². The van der Waals surface area contributed by atoms with Crippen LogP contribution in [0.1, 0.15) is 56.6 Å². The summed E-state index contributed by atoms with van der Waals surface area (Å²) in [7, 11) is 4.08. The summed E-state index contributed by atoms with van der Waals surface area (Å²) in [5.74, 6) is 2.62. The van der Waals surface area contributed by atoms with Crippen molar-refractivity contribution in [2.45, 2.75) is 51.5 Å². The van der Waals surface area contributed by atoms with Crippen molar-refractivity contribution < 1.29 is 4.79 Å². The zero-order valence-electron chi connectivity index (χ0n) is 16.7. The number of hydrogen-bond donors (Lipinski definition) is 0. The van der Waals surface area contributed by atoms with Gasteiger partial charge in [0.05, 0.1) is 13.1 Å². The molecule has 0 aliphatic carbocycles. The molecule has 3 heterocycles. The maximum Gasteiger partial charge on any atom is 0.236 e. The Bertz CT molecular complexity index is 595. The fourth-order valence-electron chi connectivity index (χ4n) is 4.04. The summed E-state index contributed by atoms with van der Waals surface area (Å²) in [5.41, 5.74) is 0. The first-order valence-electron chi connectivity index (χ1n) is 10.1. The van der Waals surface area contributed by atoms with Gasteiger partial charge in [0.15, 0.2) is 0 Å².